The number of hydrogen-bond acceptors (Lipinski definition) is 3. The lowest BCUT2D eigenvalue weighted by Gasteiger charge is -2.29. The highest BCUT2D eigenvalue weighted by molar-refractivity contribution is 7.86. The van der Waals surface area contributed by atoms with E-state index < -0.39 is 10.8 Å². The molecule has 6 heteroatoms. The van der Waals surface area contributed by atoms with E-state index in [-0.39, 0.29) is 23.6 Å². The largest absolute Gasteiger partial charge is 0.350 e. The number of carbonyl (C=O) groups is 2. The molecule has 5 nitrogen and oxygen atoms in total. The van der Waals surface area contributed by atoms with Gasteiger partial charge in [-0.25, -0.2) is 0 Å². The van der Waals surface area contributed by atoms with Gasteiger partial charge in [0.1, 0.15) is 5.75 Å². The van der Waals surface area contributed by atoms with Crippen molar-refractivity contribution in [3.63, 3.8) is 0 Å². The third kappa shape index (κ3) is 5.14. The maximum absolute atomic E-state index is 12.9. The summed E-state index contributed by atoms with van der Waals surface area (Å²) in [6, 6.07) is 24.9. The number of amides is 2. The predicted molar refractivity (Wildman–Crippen MR) is 127 cm³/mol. The minimum Gasteiger partial charge on any atom is -0.350 e. The lowest BCUT2D eigenvalue weighted by molar-refractivity contribution is -0.116. The van der Waals surface area contributed by atoms with Crippen molar-refractivity contribution in [3.05, 3.63) is 95.6 Å². The fraction of sp³-hybridized carbons (Fsp3) is 0.231. The van der Waals surface area contributed by atoms with Crippen LogP contribution in [0.1, 0.15) is 34.8 Å². The standard InChI is InChI=1S/C26H26N2O3S/c1-19(12-13-20-8-4-2-5-9-20)27-26(30)22-14-15-24-23(16-22)28(25(29)18-32(24)31)17-21-10-6-3-7-11-21/h2-11,14-16,19H,12-13,17-18H2,1H3,(H,27,30)/t19-,32+/m0/s1. The quantitative estimate of drug-likeness (QED) is 0.594. The smallest absolute Gasteiger partial charge is 0.251 e. The Morgan fingerprint density at radius 1 is 1.00 bits per heavy atom. The summed E-state index contributed by atoms with van der Waals surface area (Å²) >= 11 is 0. The van der Waals surface area contributed by atoms with E-state index in [2.05, 4.69) is 17.4 Å². The van der Waals surface area contributed by atoms with Gasteiger partial charge in [-0.3, -0.25) is 13.8 Å². The third-order valence-electron chi connectivity index (χ3n) is 5.58. The van der Waals surface area contributed by atoms with E-state index in [1.165, 1.54) is 5.56 Å². The second kappa shape index (κ2) is 9.92. The number of aryl methyl sites for hydroxylation is 1. The fourth-order valence-electron chi connectivity index (χ4n) is 3.81. The molecule has 0 bridgehead atoms. The lowest BCUT2D eigenvalue weighted by atomic mass is 10.1. The number of nitrogens with zero attached hydrogens (tertiary/aromatic N) is 1. The molecule has 1 aliphatic heterocycles. The van der Waals surface area contributed by atoms with E-state index in [9.17, 15) is 13.8 Å². The number of rotatable bonds is 7. The van der Waals surface area contributed by atoms with Crippen molar-refractivity contribution in [2.24, 2.45) is 0 Å². The first-order chi connectivity index (χ1) is 15.5. The molecule has 0 aromatic heterocycles. The molecule has 0 unspecified atom stereocenters. The fourth-order valence-corrected chi connectivity index (χ4v) is 4.97. The average Bonchev–Trinajstić information content (AvgIpc) is 2.81. The van der Waals surface area contributed by atoms with Gasteiger partial charge in [-0.05, 0) is 49.1 Å². The Balaban J connectivity index is 1.50. The summed E-state index contributed by atoms with van der Waals surface area (Å²) in [5.41, 5.74) is 3.22. The summed E-state index contributed by atoms with van der Waals surface area (Å²) in [5.74, 6) is -0.438. The van der Waals surface area contributed by atoms with Crippen LogP contribution >= 0.6 is 0 Å². The predicted octanol–water partition coefficient (Wildman–Crippen LogP) is 4.09. The SMILES string of the molecule is C[C@@H](CCc1ccccc1)NC(=O)c1ccc2c(c1)N(Cc1ccccc1)C(=O)C[S@]2=O. The van der Waals surface area contributed by atoms with Gasteiger partial charge in [-0.2, -0.15) is 0 Å². The van der Waals surface area contributed by atoms with E-state index in [1.807, 2.05) is 55.5 Å². The summed E-state index contributed by atoms with van der Waals surface area (Å²) in [6.45, 7) is 2.36. The van der Waals surface area contributed by atoms with Gasteiger partial charge in [0, 0.05) is 11.6 Å². The van der Waals surface area contributed by atoms with E-state index in [0.29, 0.717) is 22.7 Å². The molecule has 2 atom stereocenters. The number of hydrogen-bond donors (Lipinski definition) is 1. The normalized spacial score (nSPS) is 16.3. The van der Waals surface area contributed by atoms with Crippen LogP contribution in [0.2, 0.25) is 0 Å². The van der Waals surface area contributed by atoms with Crippen LogP contribution in [0.25, 0.3) is 0 Å². The maximum atomic E-state index is 12.9. The van der Waals surface area contributed by atoms with Crippen LogP contribution in [0.3, 0.4) is 0 Å². The zero-order valence-electron chi connectivity index (χ0n) is 18.0. The molecule has 3 aromatic rings. The number of fused-ring (bicyclic) bond motifs is 1. The molecular formula is C26H26N2O3S. The molecule has 0 spiro atoms. The molecule has 0 radical (unpaired) electrons. The van der Waals surface area contributed by atoms with Crippen LogP contribution in [0.5, 0.6) is 0 Å². The van der Waals surface area contributed by atoms with Crippen LogP contribution in [0.4, 0.5) is 5.69 Å². The van der Waals surface area contributed by atoms with Gasteiger partial charge in [0.25, 0.3) is 5.91 Å². The highest BCUT2D eigenvalue weighted by atomic mass is 32.2. The van der Waals surface area contributed by atoms with Crippen molar-refractivity contribution >= 4 is 28.3 Å². The topological polar surface area (TPSA) is 66.5 Å². The molecule has 164 valence electrons. The average molecular weight is 447 g/mol. The molecule has 32 heavy (non-hydrogen) atoms. The summed E-state index contributed by atoms with van der Waals surface area (Å²) < 4.78 is 12.5. The van der Waals surface area contributed by atoms with Gasteiger partial charge in [0.2, 0.25) is 5.91 Å². The van der Waals surface area contributed by atoms with Crippen LogP contribution < -0.4 is 10.2 Å². The Bertz CT molecular complexity index is 1130. The van der Waals surface area contributed by atoms with Crippen LogP contribution in [-0.2, 0) is 28.6 Å². The summed E-state index contributed by atoms with van der Waals surface area (Å²) in [6.07, 6.45) is 1.70. The summed E-state index contributed by atoms with van der Waals surface area (Å²) in [4.78, 5) is 27.8. The number of benzene rings is 3. The van der Waals surface area contributed by atoms with Crippen molar-refractivity contribution in [3.8, 4) is 0 Å². The first kappa shape index (κ1) is 22.0. The number of carbonyl (C=O) groups excluding carboxylic acids is 2. The minimum atomic E-state index is -1.40. The van der Waals surface area contributed by atoms with Crippen molar-refractivity contribution in [2.45, 2.75) is 37.2 Å². The molecule has 3 aromatic carbocycles. The van der Waals surface area contributed by atoms with E-state index in [1.54, 1.807) is 23.1 Å². The second-order valence-electron chi connectivity index (χ2n) is 8.04. The summed E-state index contributed by atoms with van der Waals surface area (Å²) in [7, 11) is -1.40. The van der Waals surface area contributed by atoms with Gasteiger partial charge in [0.15, 0.2) is 0 Å². The molecule has 1 N–H and O–H groups in total. The minimum absolute atomic E-state index is 0.00470. The molecule has 0 aliphatic carbocycles. The Kier molecular flexibility index (Phi) is 6.81. The van der Waals surface area contributed by atoms with Crippen molar-refractivity contribution in [1.82, 2.24) is 5.32 Å². The monoisotopic (exact) mass is 446 g/mol. The Morgan fingerprint density at radius 2 is 1.66 bits per heavy atom. The lowest BCUT2D eigenvalue weighted by Crippen LogP contribution is -2.39. The number of anilines is 1. The molecule has 0 saturated carbocycles. The van der Waals surface area contributed by atoms with E-state index in [0.717, 1.165) is 18.4 Å². The van der Waals surface area contributed by atoms with E-state index in [4.69, 9.17) is 0 Å². The molecule has 0 fully saturated rings. The summed E-state index contributed by atoms with van der Waals surface area (Å²) in [5, 5.41) is 3.04. The van der Waals surface area contributed by atoms with Crippen molar-refractivity contribution in [2.75, 3.05) is 10.7 Å². The zero-order chi connectivity index (χ0) is 22.5. The van der Waals surface area contributed by atoms with Gasteiger partial charge < -0.3 is 10.2 Å². The highest BCUT2D eigenvalue weighted by Gasteiger charge is 2.30. The number of nitrogens with one attached hydrogen (secondary N) is 1. The first-order valence-corrected chi connectivity index (χ1v) is 12.0. The molecular weight excluding hydrogens is 420 g/mol. The van der Waals surface area contributed by atoms with Crippen molar-refractivity contribution in [1.29, 1.82) is 0 Å². The van der Waals surface area contributed by atoms with Gasteiger partial charge >= 0.3 is 0 Å². The van der Waals surface area contributed by atoms with Crippen LogP contribution in [0, 0.1) is 0 Å². The molecule has 2 amide bonds. The third-order valence-corrected chi connectivity index (χ3v) is 6.93. The maximum Gasteiger partial charge on any atom is 0.251 e. The second-order valence-corrected chi connectivity index (χ2v) is 9.46. The van der Waals surface area contributed by atoms with E-state index >= 15 is 0 Å². The van der Waals surface area contributed by atoms with Crippen LogP contribution in [0.15, 0.2) is 83.8 Å². The zero-order valence-corrected chi connectivity index (χ0v) is 18.8. The first-order valence-electron chi connectivity index (χ1n) is 10.7. The Hall–Kier alpha value is -3.25. The molecule has 1 aliphatic rings. The van der Waals surface area contributed by atoms with Gasteiger partial charge in [0.05, 0.1) is 27.9 Å². The van der Waals surface area contributed by atoms with Crippen LogP contribution in [-0.4, -0.2) is 27.8 Å². The Labute approximate surface area is 190 Å². The molecule has 0 saturated heterocycles. The van der Waals surface area contributed by atoms with Crippen molar-refractivity contribution < 1.29 is 13.8 Å². The van der Waals surface area contributed by atoms with Gasteiger partial charge in [-0.1, -0.05) is 60.7 Å². The van der Waals surface area contributed by atoms with Gasteiger partial charge in [-0.15, -0.1) is 0 Å². The Morgan fingerprint density at radius 3 is 2.34 bits per heavy atom. The molecule has 1 heterocycles. The molecule has 4 rings (SSSR count). The highest BCUT2D eigenvalue weighted by Crippen LogP contribution is 2.31.